The van der Waals surface area contributed by atoms with Crippen molar-refractivity contribution in [2.24, 2.45) is 0 Å². The average molecular weight is 791 g/mol. The normalized spacial score (nSPS) is 15.0. The summed E-state index contributed by atoms with van der Waals surface area (Å²) in [6.07, 6.45) is 7.61. The van der Waals surface area contributed by atoms with Crippen LogP contribution < -0.4 is 0 Å². The van der Waals surface area contributed by atoms with Gasteiger partial charge in [0.15, 0.2) is 0 Å². The Morgan fingerprint density at radius 2 is 1.03 bits per heavy atom. The van der Waals surface area contributed by atoms with Crippen LogP contribution in [-0.4, -0.2) is 9.55 Å². The lowest BCUT2D eigenvalue weighted by Crippen LogP contribution is -2.25. The van der Waals surface area contributed by atoms with Crippen LogP contribution in [0.25, 0.3) is 88.5 Å². The Morgan fingerprint density at radius 1 is 0.484 bits per heavy atom. The SMILES string of the molecule is CC1CC=Cc2cc[nH]c21.c1ccc(-n2c3ccc(-c4ccc5c(c4)C4(c6ccccc6-c6ccccc64)c4ccccc4-5)cc3c3c4ccccc4c4ccccc4c32)cc1. The van der Waals surface area contributed by atoms with Gasteiger partial charge in [-0.1, -0.05) is 177 Å². The van der Waals surface area contributed by atoms with Crippen molar-refractivity contribution in [3.8, 4) is 39.1 Å². The van der Waals surface area contributed by atoms with E-state index in [0.717, 1.165) is 0 Å². The van der Waals surface area contributed by atoms with E-state index < -0.39 is 0 Å². The number of nitrogens with one attached hydrogen (secondary N) is 1. The molecular weight excluding hydrogens is 749 g/mol. The molecule has 2 heterocycles. The number of hydrogen-bond donors (Lipinski definition) is 1. The van der Waals surface area contributed by atoms with Crippen molar-refractivity contribution in [2.75, 3.05) is 0 Å². The molecule has 1 unspecified atom stereocenters. The molecule has 3 aliphatic rings. The van der Waals surface area contributed by atoms with E-state index in [1.165, 1.54) is 122 Å². The molecule has 2 nitrogen and oxygen atoms in total. The van der Waals surface area contributed by atoms with Gasteiger partial charge < -0.3 is 9.55 Å². The highest BCUT2D eigenvalue weighted by Gasteiger charge is 2.51. The van der Waals surface area contributed by atoms with E-state index in [9.17, 15) is 0 Å². The Bertz CT molecular complexity index is 3570. The van der Waals surface area contributed by atoms with Gasteiger partial charge >= 0.3 is 0 Å². The van der Waals surface area contributed by atoms with Gasteiger partial charge in [-0.2, -0.15) is 0 Å². The van der Waals surface area contributed by atoms with Crippen molar-refractivity contribution in [1.82, 2.24) is 9.55 Å². The van der Waals surface area contributed by atoms with E-state index >= 15 is 0 Å². The summed E-state index contributed by atoms with van der Waals surface area (Å²) < 4.78 is 2.48. The zero-order valence-corrected chi connectivity index (χ0v) is 34.4. The third-order valence-corrected chi connectivity index (χ3v) is 14.1. The topological polar surface area (TPSA) is 20.7 Å². The summed E-state index contributed by atoms with van der Waals surface area (Å²) in [5.74, 6) is 0.676. The highest BCUT2D eigenvalue weighted by atomic mass is 15.0. The van der Waals surface area contributed by atoms with Gasteiger partial charge in [-0.05, 0) is 120 Å². The molecule has 2 heteroatoms. The third kappa shape index (κ3) is 4.81. The van der Waals surface area contributed by atoms with Gasteiger partial charge in [0.05, 0.1) is 16.4 Å². The molecule has 292 valence electrons. The molecule has 2 aromatic heterocycles. The van der Waals surface area contributed by atoms with Crippen molar-refractivity contribution in [2.45, 2.75) is 24.7 Å². The molecule has 3 aliphatic carbocycles. The summed E-state index contributed by atoms with van der Waals surface area (Å²) in [4.78, 5) is 3.26. The van der Waals surface area contributed by atoms with E-state index in [0.29, 0.717) is 5.92 Å². The molecule has 0 amide bonds. The number of allylic oxidation sites excluding steroid dienone is 1. The zero-order chi connectivity index (χ0) is 40.9. The lowest BCUT2D eigenvalue weighted by Gasteiger charge is -2.30. The van der Waals surface area contributed by atoms with E-state index in [1.54, 1.807) is 0 Å². The van der Waals surface area contributed by atoms with Crippen LogP contribution in [0.5, 0.6) is 0 Å². The largest absolute Gasteiger partial charge is 0.364 e. The zero-order valence-electron chi connectivity index (χ0n) is 34.4. The Balaban J connectivity index is 0.000000344. The van der Waals surface area contributed by atoms with Gasteiger partial charge in [-0.3, -0.25) is 0 Å². The predicted molar refractivity (Wildman–Crippen MR) is 260 cm³/mol. The number of aromatic nitrogens is 2. The van der Waals surface area contributed by atoms with Crippen molar-refractivity contribution in [1.29, 1.82) is 0 Å². The molecule has 0 radical (unpaired) electrons. The summed E-state index contributed by atoms with van der Waals surface area (Å²) >= 11 is 0. The van der Waals surface area contributed by atoms with Gasteiger partial charge in [0.2, 0.25) is 0 Å². The minimum absolute atomic E-state index is 0.363. The number of benzene rings is 9. The predicted octanol–water partition coefficient (Wildman–Crippen LogP) is 15.6. The van der Waals surface area contributed by atoms with Gasteiger partial charge in [-0.25, -0.2) is 0 Å². The van der Waals surface area contributed by atoms with Crippen LogP contribution in [0.15, 0.2) is 206 Å². The summed E-state index contributed by atoms with van der Waals surface area (Å²) in [6, 6.07) is 72.3. The highest BCUT2D eigenvalue weighted by molar-refractivity contribution is 6.32. The second-order valence-corrected chi connectivity index (χ2v) is 17.3. The lowest BCUT2D eigenvalue weighted by molar-refractivity contribution is 0.748. The maximum Gasteiger partial charge on any atom is 0.0725 e. The lowest BCUT2D eigenvalue weighted by atomic mass is 9.70. The van der Waals surface area contributed by atoms with Gasteiger partial charge in [0, 0.05) is 39.7 Å². The molecule has 0 saturated carbocycles. The molecule has 62 heavy (non-hydrogen) atoms. The molecule has 9 aromatic carbocycles. The fraction of sp³-hybridized carbons (Fsp3) is 0.0667. The Morgan fingerprint density at radius 3 is 1.71 bits per heavy atom. The maximum atomic E-state index is 3.26. The number of aromatic amines is 1. The molecule has 0 saturated heterocycles. The standard InChI is InChI=1S/C51H31N.C9H11N/c1-2-14-34(15-3-1)52-48-29-27-32(30-43(48)49-41-21-6-4-16-35(41)36-17-5-7-22-42(36)50(49)52)33-26-28-40-39-20-10-13-25-46(39)51(47(40)31-33)44-23-11-8-18-37(44)38-19-9-12-24-45(38)51;1-7-3-2-4-8-5-6-10-9(7)8/h1-31H;2,4-7,10H,3H2,1H3. The minimum Gasteiger partial charge on any atom is -0.364 e. The van der Waals surface area contributed by atoms with Crippen molar-refractivity contribution >= 4 is 49.4 Å². The molecule has 1 atom stereocenters. The first-order chi connectivity index (χ1) is 30.7. The molecule has 0 fully saturated rings. The Hall–Kier alpha value is -7.68. The van der Waals surface area contributed by atoms with Crippen LogP contribution in [0.4, 0.5) is 0 Å². The van der Waals surface area contributed by atoms with Gasteiger partial charge in [0.1, 0.15) is 0 Å². The fourth-order valence-corrected chi connectivity index (χ4v) is 11.5. The number of nitrogens with zero attached hydrogens (tertiary/aromatic N) is 1. The first kappa shape index (κ1) is 35.1. The molecule has 14 rings (SSSR count). The van der Waals surface area contributed by atoms with Crippen LogP contribution in [-0.2, 0) is 5.41 Å². The fourth-order valence-electron chi connectivity index (χ4n) is 11.5. The molecule has 1 spiro atoms. The maximum absolute atomic E-state index is 3.26. The quantitative estimate of drug-likeness (QED) is 0.168. The number of rotatable bonds is 2. The summed E-state index contributed by atoms with van der Waals surface area (Å²) in [7, 11) is 0. The van der Waals surface area contributed by atoms with Crippen molar-refractivity contribution in [3.05, 3.63) is 240 Å². The molecule has 1 N–H and O–H groups in total. The van der Waals surface area contributed by atoms with Crippen molar-refractivity contribution < 1.29 is 0 Å². The van der Waals surface area contributed by atoms with Crippen LogP contribution in [0.3, 0.4) is 0 Å². The molecule has 0 aliphatic heterocycles. The third-order valence-electron chi connectivity index (χ3n) is 14.1. The summed E-state index contributed by atoms with van der Waals surface area (Å²) in [5.41, 5.74) is 19.3. The van der Waals surface area contributed by atoms with Gasteiger partial charge in [0.25, 0.3) is 0 Å². The summed E-state index contributed by atoms with van der Waals surface area (Å²) in [6.45, 7) is 2.25. The number of H-pyrrole nitrogens is 1. The smallest absolute Gasteiger partial charge is 0.0725 e. The molecule has 11 aromatic rings. The second kappa shape index (κ2) is 13.4. The van der Waals surface area contributed by atoms with E-state index in [1.807, 2.05) is 6.20 Å². The van der Waals surface area contributed by atoms with Crippen LogP contribution in [0.2, 0.25) is 0 Å². The molecular formula is C60H42N2. The molecule has 0 bridgehead atoms. The van der Waals surface area contributed by atoms with E-state index in [4.69, 9.17) is 0 Å². The van der Waals surface area contributed by atoms with E-state index in [-0.39, 0.29) is 5.41 Å². The first-order valence-electron chi connectivity index (χ1n) is 21.9. The monoisotopic (exact) mass is 790 g/mol. The second-order valence-electron chi connectivity index (χ2n) is 17.3. The summed E-state index contributed by atoms with van der Waals surface area (Å²) in [5, 5.41) is 7.71. The Kier molecular flexibility index (Phi) is 7.60. The minimum atomic E-state index is -0.363. The number of hydrogen-bond acceptors (Lipinski definition) is 0. The highest BCUT2D eigenvalue weighted by Crippen LogP contribution is 2.63. The number of para-hydroxylation sites is 1. The van der Waals surface area contributed by atoms with Crippen molar-refractivity contribution in [3.63, 3.8) is 0 Å². The van der Waals surface area contributed by atoms with Crippen LogP contribution in [0, 0.1) is 0 Å². The van der Waals surface area contributed by atoms with Gasteiger partial charge in [-0.15, -0.1) is 0 Å². The Labute approximate surface area is 361 Å². The van der Waals surface area contributed by atoms with Crippen LogP contribution in [0.1, 0.15) is 52.8 Å². The average Bonchev–Trinajstić information content (AvgIpc) is 4.10. The first-order valence-corrected chi connectivity index (χ1v) is 21.9. The van der Waals surface area contributed by atoms with Crippen LogP contribution >= 0.6 is 0 Å². The van der Waals surface area contributed by atoms with E-state index in [2.05, 4.69) is 223 Å². The number of fused-ring (bicyclic) bond motifs is 19.